The van der Waals surface area contributed by atoms with Crippen LogP contribution >= 0.6 is 0 Å². The molecule has 0 bridgehead atoms. The summed E-state index contributed by atoms with van der Waals surface area (Å²) in [6.45, 7) is 10.7. The van der Waals surface area contributed by atoms with Crippen LogP contribution < -0.4 is 10.6 Å². The molecule has 1 fully saturated rings. The van der Waals surface area contributed by atoms with E-state index in [0.29, 0.717) is 6.54 Å². The summed E-state index contributed by atoms with van der Waals surface area (Å²) in [6, 6.07) is 0. The van der Waals surface area contributed by atoms with E-state index in [4.69, 9.17) is 10.5 Å². The molecule has 0 saturated carbocycles. The third kappa shape index (κ3) is 2.94. The minimum Gasteiger partial charge on any atom is -0.372 e. The number of rotatable bonds is 4. The zero-order valence-corrected chi connectivity index (χ0v) is 13.0. The van der Waals surface area contributed by atoms with Gasteiger partial charge in [0.1, 0.15) is 0 Å². The maximum absolute atomic E-state index is 6.00. The molecular formula is C15H26N4O. The largest absolute Gasteiger partial charge is 0.372 e. The Bertz CT molecular complexity index is 453. The predicted molar refractivity (Wildman–Crippen MR) is 80.9 cm³/mol. The van der Waals surface area contributed by atoms with Crippen molar-refractivity contribution in [1.82, 2.24) is 10.2 Å². The first kappa shape index (κ1) is 15.2. The van der Waals surface area contributed by atoms with E-state index in [2.05, 4.69) is 42.8 Å². The summed E-state index contributed by atoms with van der Waals surface area (Å²) < 4.78 is 5.79. The Morgan fingerprint density at radius 3 is 2.25 bits per heavy atom. The summed E-state index contributed by atoms with van der Waals surface area (Å²) in [4.78, 5) is 2.27. The second-order valence-corrected chi connectivity index (χ2v) is 5.50. The van der Waals surface area contributed by atoms with Crippen molar-refractivity contribution in [3.63, 3.8) is 0 Å². The fraction of sp³-hybridized carbons (Fsp3) is 0.733. The fourth-order valence-electron chi connectivity index (χ4n) is 3.06. The van der Waals surface area contributed by atoms with Crippen LogP contribution in [0.1, 0.15) is 44.5 Å². The number of nitrogens with two attached hydrogens (primary N) is 1. The highest BCUT2D eigenvalue weighted by atomic mass is 16.5. The van der Waals surface area contributed by atoms with Gasteiger partial charge in [-0.05, 0) is 32.3 Å². The fourth-order valence-corrected chi connectivity index (χ4v) is 3.06. The van der Waals surface area contributed by atoms with Crippen molar-refractivity contribution in [3.8, 4) is 0 Å². The topological polar surface area (TPSA) is 64.3 Å². The standard InChI is InChI=1S/C15H26N4O/c1-5-12-13(7-16)15(18-17-14(12)6-2)19-8-10(3)20-11(4)9-19/h10-11H,5-9,16H2,1-4H3. The van der Waals surface area contributed by atoms with Crippen LogP contribution in [0.2, 0.25) is 0 Å². The van der Waals surface area contributed by atoms with Crippen LogP contribution in [-0.2, 0) is 24.1 Å². The summed E-state index contributed by atoms with van der Waals surface area (Å²) >= 11 is 0. The summed E-state index contributed by atoms with van der Waals surface area (Å²) in [6.07, 6.45) is 2.27. The van der Waals surface area contributed by atoms with E-state index in [0.717, 1.165) is 43.0 Å². The lowest BCUT2D eigenvalue weighted by atomic mass is 10.0. The van der Waals surface area contributed by atoms with E-state index in [1.165, 1.54) is 5.56 Å². The molecule has 2 rings (SSSR count). The van der Waals surface area contributed by atoms with Gasteiger partial charge in [0.2, 0.25) is 0 Å². The Morgan fingerprint density at radius 2 is 1.75 bits per heavy atom. The molecule has 20 heavy (non-hydrogen) atoms. The van der Waals surface area contributed by atoms with Crippen LogP contribution in [0, 0.1) is 0 Å². The second-order valence-electron chi connectivity index (χ2n) is 5.50. The van der Waals surface area contributed by atoms with E-state index in [1.54, 1.807) is 0 Å². The van der Waals surface area contributed by atoms with E-state index in [1.807, 2.05) is 0 Å². The first-order chi connectivity index (χ1) is 9.60. The molecule has 0 radical (unpaired) electrons. The van der Waals surface area contributed by atoms with Gasteiger partial charge < -0.3 is 15.4 Å². The van der Waals surface area contributed by atoms with Gasteiger partial charge in [-0.2, -0.15) is 5.10 Å². The number of morpholine rings is 1. The lowest BCUT2D eigenvalue weighted by Gasteiger charge is -2.37. The Morgan fingerprint density at radius 1 is 1.10 bits per heavy atom. The predicted octanol–water partition coefficient (Wildman–Crippen LogP) is 1.67. The van der Waals surface area contributed by atoms with Gasteiger partial charge in [-0.3, -0.25) is 0 Å². The van der Waals surface area contributed by atoms with Crippen molar-refractivity contribution in [2.45, 2.75) is 59.3 Å². The average Bonchev–Trinajstić information content (AvgIpc) is 2.44. The van der Waals surface area contributed by atoms with Crippen LogP contribution in [-0.4, -0.2) is 35.5 Å². The molecule has 1 aliphatic rings. The van der Waals surface area contributed by atoms with Crippen molar-refractivity contribution < 1.29 is 4.74 Å². The minimum atomic E-state index is 0.210. The normalized spacial score (nSPS) is 23.1. The van der Waals surface area contributed by atoms with Crippen molar-refractivity contribution in [1.29, 1.82) is 0 Å². The Kier molecular flexibility index (Phi) is 4.94. The van der Waals surface area contributed by atoms with E-state index in [9.17, 15) is 0 Å². The van der Waals surface area contributed by atoms with Crippen molar-refractivity contribution in [3.05, 3.63) is 16.8 Å². The monoisotopic (exact) mass is 278 g/mol. The highest BCUT2D eigenvalue weighted by Gasteiger charge is 2.26. The molecule has 1 aromatic rings. The van der Waals surface area contributed by atoms with Crippen LogP contribution in [0.15, 0.2) is 0 Å². The second kappa shape index (κ2) is 6.50. The number of hydrogen-bond donors (Lipinski definition) is 1. The van der Waals surface area contributed by atoms with Crippen LogP contribution in [0.4, 0.5) is 5.82 Å². The molecule has 1 saturated heterocycles. The molecule has 1 aromatic heterocycles. The lowest BCUT2D eigenvalue weighted by molar-refractivity contribution is -0.00556. The summed E-state index contributed by atoms with van der Waals surface area (Å²) in [5.41, 5.74) is 9.50. The van der Waals surface area contributed by atoms with Gasteiger partial charge in [0, 0.05) is 25.2 Å². The zero-order valence-electron chi connectivity index (χ0n) is 13.0. The van der Waals surface area contributed by atoms with Crippen LogP contribution in [0.5, 0.6) is 0 Å². The van der Waals surface area contributed by atoms with Crippen molar-refractivity contribution in [2.75, 3.05) is 18.0 Å². The number of aryl methyl sites for hydroxylation is 1. The van der Waals surface area contributed by atoms with Crippen LogP contribution in [0.3, 0.4) is 0 Å². The third-order valence-electron chi connectivity index (χ3n) is 3.86. The quantitative estimate of drug-likeness (QED) is 0.907. The molecule has 0 spiro atoms. The molecule has 5 nitrogen and oxygen atoms in total. The summed E-state index contributed by atoms with van der Waals surface area (Å²) in [5.74, 6) is 0.948. The number of nitrogens with zero attached hydrogens (tertiary/aromatic N) is 3. The molecule has 2 N–H and O–H groups in total. The van der Waals surface area contributed by atoms with Gasteiger partial charge in [-0.15, -0.1) is 5.10 Å². The smallest absolute Gasteiger partial charge is 0.156 e. The molecule has 0 aromatic carbocycles. The highest BCUT2D eigenvalue weighted by Crippen LogP contribution is 2.26. The molecule has 112 valence electrons. The number of hydrogen-bond acceptors (Lipinski definition) is 5. The molecule has 2 atom stereocenters. The third-order valence-corrected chi connectivity index (χ3v) is 3.86. The summed E-state index contributed by atoms with van der Waals surface area (Å²) in [5, 5.41) is 8.88. The number of aromatic nitrogens is 2. The molecular weight excluding hydrogens is 252 g/mol. The minimum absolute atomic E-state index is 0.210. The first-order valence-corrected chi connectivity index (χ1v) is 7.58. The average molecular weight is 278 g/mol. The zero-order chi connectivity index (χ0) is 14.7. The van der Waals surface area contributed by atoms with Gasteiger partial charge in [-0.1, -0.05) is 13.8 Å². The molecule has 1 aliphatic heterocycles. The maximum Gasteiger partial charge on any atom is 0.156 e. The van der Waals surface area contributed by atoms with Gasteiger partial charge >= 0.3 is 0 Å². The Labute approximate surface area is 121 Å². The molecule has 2 unspecified atom stereocenters. The lowest BCUT2D eigenvalue weighted by Crippen LogP contribution is -2.46. The molecule has 2 heterocycles. The van der Waals surface area contributed by atoms with E-state index >= 15 is 0 Å². The van der Waals surface area contributed by atoms with Gasteiger partial charge in [0.15, 0.2) is 5.82 Å². The number of ether oxygens (including phenoxy) is 1. The van der Waals surface area contributed by atoms with Gasteiger partial charge in [0.25, 0.3) is 0 Å². The van der Waals surface area contributed by atoms with Crippen LogP contribution in [0.25, 0.3) is 0 Å². The van der Waals surface area contributed by atoms with Crippen molar-refractivity contribution in [2.24, 2.45) is 5.73 Å². The molecule has 0 amide bonds. The molecule has 5 heteroatoms. The highest BCUT2D eigenvalue weighted by molar-refractivity contribution is 5.52. The molecule has 0 aliphatic carbocycles. The summed E-state index contributed by atoms with van der Waals surface area (Å²) in [7, 11) is 0. The Hall–Kier alpha value is -1.20. The number of anilines is 1. The van der Waals surface area contributed by atoms with E-state index < -0.39 is 0 Å². The first-order valence-electron chi connectivity index (χ1n) is 7.58. The van der Waals surface area contributed by atoms with Gasteiger partial charge in [-0.25, -0.2) is 0 Å². The SMILES string of the molecule is CCc1nnc(N2CC(C)OC(C)C2)c(CN)c1CC. The van der Waals surface area contributed by atoms with E-state index in [-0.39, 0.29) is 12.2 Å². The van der Waals surface area contributed by atoms with Crippen molar-refractivity contribution >= 4 is 5.82 Å². The maximum atomic E-state index is 6.00. The Balaban J connectivity index is 2.40. The van der Waals surface area contributed by atoms with Gasteiger partial charge in [0.05, 0.1) is 17.9 Å².